The average molecular weight is 267 g/mol. The second-order valence-electron chi connectivity index (χ2n) is 1.33. The first-order valence-electron chi connectivity index (χ1n) is 2.47. The van der Waals surface area contributed by atoms with Crippen LogP contribution in [0.3, 0.4) is 0 Å². The van der Waals surface area contributed by atoms with Crippen LogP contribution in [0.25, 0.3) is 0 Å². The molecule has 0 fully saturated rings. The van der Waals surface area contributed by atoms with Crippen molar-refractivity contribution in [3.05, 3.63) is 0 Å². The SMILES string of the molecule is NC(=S)SCCSC(N)=S.[Mn+2]. The minimum atomic E-state index is 0. The Bertz CT molecular complexity index is 124. The molecule has 0 heterocycles. The van der Waals surface area contributed by atoms with Gasteiger partial charge in [0.05, 0.1) is 0 Å². The molecule has 1 radical (unpaired) electrons. The molecular formula is C4H8MnN2S4+2. The van der Waals surface area contributed by atoms with E-state index in [1.165, 1.54) is 23.5 Å². The van der Waals surface area contributed by atoms with E-state index < -0.39 is 0 Å². The summed E-state index contributed by atoms with van der Waals surface area (Å²) in [5, 5.41) is 0. The summed E-state index contributed by atoms with van der Waals surface area (Å²) in [6.07, 6.45) is 0. The van der Waals surface area contributed by atoms with Crippen LogP contribution in [0, 0.1) is 0 Å². The van der Waals surface area contributed by atoms with Gasteiger partial charge in [-0.25, -0.2) is 0 Å². The topological polar surface area (TPSA) is 52.0 Å². The van der Waals surface area contributed by atoms with E-state index in [0.29, 0.717) is 8.64 Å². The van der Waals surface area contributed by atoms with Crippen molar-refractivity contribution in [2.45, 2.75) is 0 Å². The molecule has 2 nitrogen and oxygen atoms in total. The minimum Gasteiger partial charge on any atom is -0.385 e. The predicted octanol–water partition coefficient (Wildman–Crippen LogP) is 0.938. The van der Waals surface area contributed by atoms with Gasteiger partial charge in [0.1, 0.15) is 8.64 Å². The molecular weight excluding hydrogens is 259 g/mol. The van der Waals surface area contributed by atoms with Gasteiger partial charge in [0, 0.05) is 11.5 Å². The Morgan fingerprint density at radius 2 is 1.27 bits per heavy atom. The normalized spacial score (nSPS) is 8.36. The zero-order valence-corrected chi connectivity index (χ0v) is 10.0. The maximum absolute atomic E-state index is 5.23. The maximum Gasteiger partial charge on any atom is 2.00 e. The van der Waals surface area contributed by atoms with Gasteiger partial charge in [-0.1, -0.05) is 48.0 Å². The van der Waals surface area contributed by atoms with Crippen molar-refractivity contribution >= 4 is 56.6 Å². The monoisotopic (exact) mass is 267 g/mol. The molecule has 0 aromatic carbocycles. The van der Waals surface area contributed by atoms with Gasteiger partial charge < -0.3 is 11.5 Å². The average Bonchev–Trinajstić information content (AvgIpc) is 1.79. The number of rotatable bonds is 3. The summed E-state index contributed by atoms with van der Waals surface area (Å²) in [7, 11) is 0. The molecule has 7 heteroatoms. The zero-order chi connectivity index (χ0) is 7.98. The van der Waals surface area contributed by atoms with Gasteiger partial charge in [-0.3, -0.25) is 0 Å². The number of hydrogen-bond acceptors (Lipinski definition) is 4. The molecule has 0 atom stereocenters. The van der Waals surface area contributed by atoms with Crippen LogP contribution in [-0.4, -0.2) is 20.1 Å². The third-order valence-electron chi connectivity index (χ3n) is 0.572. The van der Waals surface area contributed by atoms with Crippen LogP contribution < -0.4 is 11.5 Å². The summed E-state index contributed by atoms with van der Waals surface area (Å²) < 4.78 is 0.951. The molecule has 11 heavy (non-hydrogen) atoms. The quantitative estimate of drug-likeness (QED) is 0.451. The second kappa shape index (κ2) is 9.09. The van der Waals surface area contributed by atoms with Gasteiger partial charge >= 0.3 is 17.1 Å². The fourth-order valence-corrected chi connectivity index (χ4v) is 1.85. The smallest absolute Gasteiger partial charge is 0.385 e. The van der Waals surface area contributed by atoms with Crippen LogP contribution in [0.5, 0.6) is 0 Å². The van der Waals surface area contributed by atoms with E-state index >= 15 is 0 Å². The number of thiocarbonyl (C=S) groups is 2. The molecule has 0 aromatic heterocycles. The molecule has 0 spiro atoms. The Morgan fingerprint density at radius 3 is 1.45 bits per heavy atom. The van der Waals surface area contributed by atoms with Crippen molar-refractivity contribution in [2.75, 3.05) is 11.5 Å². The molecule has 63 valence electrons. The fourth-order valence-electron chi connectivity index (χ4n) is 0.285. The molecule has 0 rings (SSSR count). The molecule has 0 aliphatic rings. The Labute approximate surface area is 96.1 Å². The predicted molar refractivity (Wildman–Crippen MR) is 58.5 cm³/mol. The van der Waals surface area contributed by atoms with Crippen LogP contribution in [0.15, 0.2) is 0 Å². The number of thioether (sulfide) groups is 2. The molecule has 0 aromatic rings. The number of nitrogens with two attached hydrogens (primary N) is 2. The first kappa shape index (κ1) is 14.5. The van der Waals surface area contributed by atoms with Gasteiger partial charge in [0.25, 0.3) is 0 Å². The van der Waals surface area contributed by atoms with E-state index in [1.807, 2.05) is 0 Å². The molecule has 0 saturated carbocycles. The first-order valence-corrected chi connectivity index (χ1v) is 5.26. The largest absolute Gasteiger partial charge is 2.00 e. The van der Waals surface area contributed by atoms with Gasteiger partial charge in [-0.15, -0.1) is 0 Å². The molecule has 0 bridgehead atoms. The van der Waals surface area contributed by atoms with Gasteiger partial charge in [-0.2, -0.15) is 0 Å². The Hall–Kier alpha value is 0.999. The van der Waals surface area contributed by atoms with E-state index in [1.54, 1.807) is 0 Å². The maximum atomic E-state index is 5.23. The summed E-state index contributed by atoms with van der Waals surface area (Å²) in [5.41, 5.74) is 10.5. The third-order valence-corrected chi connectivity index (χ3v) is 2.92. The van der Waals surface area contributed by atoms with Crippen molar-refractivity contribution in [1.29, 1.82) is 0 Å². The van der Waals surface area contributed by atoms with Crippen LogP contribution in [-0.2, 0) is 17.1 Å². The standard InChI is InChI=1S/C4H8N2S4.Mn/c5-3(7)9-1-2-10-4(6)8;/h1-2H2,(H2,5,7)(H2,6,8);/q;+2. The van der Waals surface area contributed by atoms with Crippen molar-refractivity contribution in [2.24, 2.45) is 11.5 Å². The van der Waals surface area contributed by atoms with Crippen LogP contribution in [0.1, 0.15) is 0 Å². The Morgan fingerprint density at radius 1 is 1.00 bits per heavy atom. The van der Waals surface area contributed by atoms with E-state index in [-0.39, 0.29) is 17.1 Å². The summed E-state index contributed by atoms with van der Waals surface area (Å²) in [6.45, 7) is 0. The van der Waals surface area contributed by atoms with Crippen LogP contribution >= 0.6 is 48.0 Å². The molecule has 0 saturated heterocycles. The summed E-state index contributed by atoms with van der Waals surface area (Å²) in [6, 6.07) is 0. The van der Waals surface area contributed by atoms with Crippen LogP contribution in [0.2, 0.25) is 0 Å². The van der Waals surface area contributed by atoms with Crippen LogP contribution in [0.4, 0.5) is 0 Å². The molecule has 0 aliphatic heterocycles. The summed E-state index contributed by atoms with van der Waals surface area (Å²) >= 11 is 12.2. The van der Waals surface area contributed by atoms with E-state index in [0.717, 1.165) is 11.5 Å². The van der Waals surface area contributed by atoms with Gasteiger partial charge in [0.2, 0.25) is 0 Å². The van der Waals surface area contributed by atoms with E-state index in [2.05, 4.69) is 24.4 Å². The molecule has 0 aliphatic carbocycles. The van der Waals surface area contributed by atoms with E-state index in [4.69, 9.17) is 11.5 Å². The third kappa shape index (κ3) is 13.9. The zero-order valence-electron chi connectivity index (χ0n) is 5.58. The molecule has 0 amide bonds. The van der Waals surface area contributed by atoms with Crippen molar-refractivity contribution in [3.8, 4) is 0 Å². The first-order chi connectivity index (χ1) is 4.63. The van der Waals surface area contributed by atoms with Crippen molar-refractivity contribution in [1.82, 2.24) is 0 Å². The Balaban J connectivity index is 0. The van der Waals surface area contributed by atoms with Gasteiger partial charge in [0.15, 0.2) is 0 Å². The van der Waals surface area contributed by atoms with Crippen molar-refractivity contribution in [3.63, 3.8) is 0 Å². The summed E-state index contributed by atoms with van der Waals surface area (Å²) in [4.78, 5) is 0. The number of hydrogen-bond donors (Lipinski definition) is 2. The molecule has 4 N–H and O–H groups in total. The second-order valence-corrected chi connectivity index (χ2v) is 5.00. The molecule has 0 unspecified atom stereocenters. The van der Waals surface area contributed by atoms with Gasteiger partial charge in [-0.05, 0) is 0 Å². The summed E-state index contributed by atoms with van der Waals surface area (Å²) in [5.74, 6) is 1.74. The minimum absolute atomic E-state index is 0. The van der Waals surface area contributed by atoms with Crippen molar-refractivity contribution < 1.29 is 17.1 Å². The van der Waals surface area contributed by atoms with E-state index in [9.17, 15) is 0 Å². The fraction of sp³-hybridized carbons (Fsp3) is 0.500. The Kier molecular flexibility index (Phi) is 12.0.